The fourth-order valence-electron chi connectivity index (χ4n) is 1.74. The van der Waals surface area contributed by atoms with E-state index in [0.717, 1.165) is 5.76 Å². The third-order valence-electron chi connectivity index (χ3n) is 2.71. The number of rotatable bonds is 7. The van der Waals surface area contributed by atoms with Crippen molar-refractivity contribution in [3.05, 3.63) is 24.2 Å². The van der Waals surface area contributed by atoms with Crippen molar-refractivity contribution in [3.63, 3.8) is 0 Å². The molecule has 0 saturated carbocycles. The van der Waals surface area contributed by atoms with Gasteiger partial charge in [0.25, 0.3) is 0 Å². The minimum absolute atomic E-state index is 0.0729. The Balaban J connectivity index is 2.34. The predicted molar refractivity (Wildman–Crippen MR) is 69.9 cm³/mol. The van der Waals surface area contributed by atoms with Crippen molar-refractivity contribution in [1.29, 1.82) is 0 Å². The van der Waals surface area contributed by atoms with E-state index in [9.17, 15) is 9.59 Å². The first-order chi connectivity index (χ1) is 9.01. The highest BCUT2D eigenvalue weighted by atomic mass is 16.4. The van der Waals surface area contributed by atoms with Gasteiger partial charge in [0.1, 0.15) is 5.76 Å². The van der Waals surface area contributed by atoms with Crippen LogP contribution in [0.2, 0.25) is 0 Å². The van der Waals surface area contributed by atoms with E-state index < -0.39 is 5.97 Å². The number of carbonyl (C=O) groups excluding carboxylic acids is 1. The first kappa shape index (κ1) is 15.1. The summed E-state index contributed by atoms with van der Waals surface area (Å²) in [6.07, 6.45) is 2.68. The van der Waals surface area contributed by atoms with E-state index in [0.29, 0.717) is 12.8 Å². The highest BCUT2D eigenvalue weighted by Crippen LogP contribution is 2.04. The molecule has 2 unspecified atom stereocenters. The van der Waals surface area contributed by atoms with Gasteiger partial charge in [-0.2, -0.15) is 0 Å². The van der Waals surface area contributed by atoms with Crippen LogP contribution in [0.25, 0.3) is 0 Å². The summed E-state index contributed by atoms with van der Waals surface area (Å²) >= 11 is 0. The van der Waals surface area contributed by atoms with E-state index in [2.05, 4.69) is 10.6 Å². The Labute approximate surface area is 112 Å². The highest BCUT2D eigenvalue weighted by Gasteiger charge is 2.15. The zero-order valence-electron chi connectivity index (χ0n) is 11.2. The van der Waals surface area contributed by atoms with Gasteiger partial charge in [-0.15, -0.1) is 0 Å². The fourth-order valence-corrected chi connectivity index (χ4v) is 1.74. The first-order valence-electron chi connectivity index (χ1n) is 6.32. The van der Waals surface area contributed by atoms with Gasteiger partial charge in [-0.05, 0) is 25.5 Å². The Morgan fingerprint density at radius 3 is 2.68 bits per heavy atom. The van der Waals surface area contributed by atoms with Crippen LogP contribution in [0.3, 0.4) is 0 Å². The molecule has 0 saturated heterocycles. The van der Waals surface area contributed by atoms with Crippen LogP contribution in [0.1, 0.15) is 32.4 Å². The van der Waals surface area contributed by atoms with Gasteiger partial charge < -0.3 is 20.2 Å². The van der Waals surface area contributed by atoms with Gasteiger partial charge >= 0.3 is 12.0 Å². The zero-order valence-corrected chi connectivity index (χ0v) is 11.2. The van der Waals surface area contributed by atoms with Crippen molar-refractivity contribution in [2.45, 2.75) is 45.2 Å². The molecule has 1 heterocycles. The van der Waals surface area contributed by atoms with Gasteiger partial charge in [0, 0.05) is 18.5 Å². The number of furan rings is 1. The van der Waals surface area contributed by atoms with Crippen LogP contribution in [0, 0.1) is 0 Å². The number of carbonyl (C=O) groups is 2. The molecule has 0 aromatic carbocycles. The van der Waals surface area contributed by atoms with Gasteiger partial charge in [-0.1, -0.05) is 6.92 Å². The van der Waals surface area contributed by atoms with Crippen LogP contribution < -0.4 is 10.6 Å². The minimum Gasteiger partial charge on any atom is -0.481 e. The maximum absolute atomic E-state index is 11.7. The molecule has 0 radical (unpaired) electrons. The number of hydrogen-bond acceptors (Lipinski definition) is 3. The van der Waals surface area contributed by atoms with E-state index in [1.807, 2.05) is 19.9 Å². The maximum Gasteiger partial charge on any atom is 0.315 e. The lowest BCUT2D eigenvalue weighted by molar-refractivity contribution is -0.137. The topological polar surface area (TPSA) is 91.6 Å². The smallest absolute Gasteiger partial charge is 0.315 e. The first-order valence-corrected chi connectivity index (χ1v) is 6.32. The third kappa shape index (κ3) is 5.94. The summed E-state index contributed by atoms with van der Waals surface area (Å²) in [6, 6.07) is 2.84. The van der Waals surface area contributed by atoms with Crippen molar-refractivity contribution in [2.75, 3.05) is 0 Å². The van der Waals surface area contributed by atoms with E-state index in [4.69, 9.17) is 9.52 Å². The second kappa shape index (κ2) is 7.45. The van der Waals surface area contributed by atoms with Gasteiger partial charge in [-0.3, -0.25) is 4.79 Å². The van der Waals surface area contributed by atoms with Gasteiger partial charge in [-0.25, -0.2) is 4.79 Å². The molecule has 6 nitrogen and oxygen atoms in total. The molecule has 3 N–H and O–H groups in total. The van der Waals surface area contributed by atoms with E-state index >= 15 is 0 Å². The lowest BCUT2D eigenvalue weighted by atomic mass is 10.1. The molecule has 0 bridgehead atoms. The van der Waals surface area contributed by atoms with Crippen LogP contribution in [0.5, 0.6) is 0 Å². The molecule has 2 atom stereocenters. The van der Waals surface area contributed by atoms with Crippen LogP contribution in [-0.4, -0.2) is 29.2 Å². The van der Waals surface area contributed by atoms with Crippen molar-refractivity contribution in [1.82, 2.24) is 10.6 Å². The lowest BCUT2D eigenvalue weighted by Gasteiger charge is -2.18. The molecule has 1 aromatic rings. The zero-order chi connectivity index (χ0) is 14.3. The summed E-state index contributed by atoms with van der Waals surface area (Å²) in [5, 5.41) is 14.1. The summed E-state index contributed by atoms with van der Waals surface area (Å²) in [5.41, 5.74) is 0. The maximum atomic E-state index is 11.7. The number of hydrogen-bond donors (Lipinski definition) is 3. The predicted octanol–water partition coefficient (Wildman–Crippen LogP) is 1.76. The van der Waals surface area contributed by atoms with Crippen molar-refractivity contribution < 1.29 is 19.1 Å². The number of carboxylic acids is 1. The van der Waals surface area contributed by atoms with E-state index in [-0.39, 0.29) is 24.5 Å². The Morgan fingerprint density at radius 1 is 1.42 bits per heavy atom. The molecule has 19 heavy (non-hydrogen) atoms. The van der Waals surface area contributed by atoms with E-state index in [1.165, 1.54) is 0 Å². The summed E-state index contributed by atoms with van der Waals surface area (Å²) in [5.74, 6) is -0.124. The van der Waals surface area contributed by atoms with Crippen molar-refractivity contribution in [3.8, 4) is 0 Å². The molecule has 6 heteroatoms. The second-order valence-electron chi connectivity index (χ2n) is 4.51. The fraction of sp³-hybridized carbons (Fsp3) is 0.538. The summed E-state index contributed by atoms with van der Waals surface area (Å²) < 4.78 is 5.19. The second-order valence-corrected chi connectivity index (χ2v) is 4.51. The van der Waals surface area contributed by atoms with Crippen LogP contribution in [0.15, 0.2) is 22.8 Å². The Kier molecular flexibility index (Phi) is 5.92. The average molecular weight is 268 g/mol. The summed E-state index contributed by atoms with van der Waals surface area (Å²) in [4.78, 5) is 22.3. The largest absolute Gasteiger partial charge is 0.481 e. The van der Waals surface area contributed by atoms with Crippen LogP contribution in [-0.2, 0) is 11.2 Å². The Hall–Kier alpha value is -1.98. The number of aliphatic carboxylic acids is 1. The standard InChI is InChI=1S/C13H20N2O4/c1-3-10(8-12(16)17)15-13(18)14-9(2)7-11-5-4-6-19-11/h4-6,9-10H,3,7-8H2,1-2H3,(H,16,17)(H2,14,15,18). The SMILES string of the molecule is CCC(CC(=O)O)NC(=O)NC(C)Cc1ccco1. The number of nitrogens with one attached hydrogen (secondary N) is 2. The average Bonchev–Trinajstić information content (AvgIpc) is 2.79. The quantitative estimate of drug-likeness (QED) is 0.702. The molecule has 106 valence electrons. The third-order valence-corrected chi connectivity index (χ3v) is 2.71. The minimum atomic E-state index is -0.921. The molecule has 0 aliphatic carbocycles. The van der Waals surface area contributed by atoms with Crippen molar-refractivity contribution >= 4 is 12.0 Å². The van der Waals surface area contributed by atoms with Crippen LogP contribution in [0.4, 0.5) is 4.79 Å². The Bertz CT molecular complexity index is 403. The Morgan fingerprint density at radius 2 is 2.16 bits per heavy atom. The normalized spacial score (nSPS) is 13.6. The molecule has 0 spiro atoms. The molecule has 0 fully saturated rings. The molecule has 0 aliphatic rings. The molecule has 2 amide bonds. The molecular formula is C13H20N2O4. The summed E-state index contributed by atoms with van der Waals surface area (Å²) in [7, 11) is 0. The van der Waals surface area contributed by atoms with Gasteiger partial charge in [0.05, 0.1) is 12.7 Å². The molecule has 1 rings (SSSR count). The highest BCUT2D eigenvalue weighted by molar-refractivity contribution is 5.76. The van der Waals surface area contributed by atoms with Gasteiger partial charge in [0.2, 0.25) is 0 Å². The molecule has 1 aromatic heterocycles. The number of carboxylic acid groups (broad SMARTS) is 1. The van der Waals surface area contributed by atoms with E-state index in [1.54, 1.807) is 12.3 Å². The van der Waals surface area contributed by atoms with Gasteiger partial charge in [0.15, 0.2) is 0 Å². The monoisotopic (exact) mass is 268 g/mol. The lowest BCUT2D eigenvalue weighted by Crippen LogP contribution is -2.46. The van der Waals surface area contributed by atoms with Crippen molar-refractivity contribution in [2.24, 2.45) is 0 Å². The molecule has 0 aliphatic heterocycles. The molecular weight excluding hydrogens is 248 g/mol. The summed E-state index contributed by atoms with van der Waals surface area (Å²) in [6.45, 7) is 3.69. The number of amides is 2. The number of urea groups is 1. The van der Waals surface area contributed by atoms with Crippen LogP contribution >= 0.6 is 0 Å².